The summed E-state index contributed by atoms with van der Waals surface area (Å²) in [5.41, 5.74) is 4.94. The predicted molar refractivity (Wildman–Crippen MR) is 74.5 cm³/mol. The minimum absolute atomic E-state index is 0.772. The van der Waals surface area contributed by atoms with E-state index < -0.39 is 0 Å². The first-order valence-electron chi connectivity index (χ1n) is 5.26. The third-order valence-corrected chi connectivity index (χ3v) is 4.37. The van der Waals surface area contributed by atoms with Crippen LogP contribution in [0.3, 0.4) is 0 Å². The molecule has 2 rings (SSSR count). The van der Waals surface area contributed by atoms with Crippen LogP contribution in [0.1, 0.15) is 21.7 Å². The summed E-state index contributed by atoms with van der Waals surface area (Å²) in [6, 6.07) is 6.50. The van der Waals surface area contributed by atoms with Crippen LogP contribution in [0, 0.1) is 20.8 Å². The van der Waals surface area contributed by atoms with Crippen molar-refractivity contribution in [1.29, 1.82) is 0 Å². The summed E-state index contributed by atoms with van der Waals surface area (Å²) in [5.74, 6) is 0.772. The van der Waals surface area contributed by atoms with E-state index in [1.165, 1.54) is 21.6 Å². The molecule has 0 aliphatic rings. The van der Waals surface area contributed by atoms with Gasteiger partial charge in [-0.3, -0.25) is 0 Å². The average molecular weight is 249 g/mol. The molecule has 0 unspecified atom stereocenters. The molecule has 3 heteroatoms. The van der Waals surface area contributed by atoms with Crippen molar-refractivity contribution in [1.82, 2.24) is 4.98 Å². The fraction of sp³-hybridized carbons (Fsp3) is 0.308. The highest BCUT2D eigenvalue weighted by Gasteiger charge is 2.10. The summed E-state index contributed by atoms with van der Waals surface area (Å²) in [6.45, 7) is 6.30. The Kier molecular flexibility index (Phi) is 3.36. The Labute approximate surface area is 106 Å². The van der Waals surface area contributed by atoms with Crippen LogP contribution in [0.5, 0.6) is 0 Å². The van der Waals surface area contributed by atoms with Gasteiger partial charge in [0.05, 0.1) is 5.69 Å². The van der Waals surface area contributed by atoms with Crippen LogP contribution >= 0.6 is 24.0 Å². The number of thiazole rings is 1. The maximum absolute atomic E-state index is 4.61. The van der Waals surface area contributed by atoms with Crippen LogP contribution < -0.4 is 0 Å². The summed E-state index contributed by atoms with van der Waals surface area (Å²) in [5, 5.41) is 1.11. The topological polar surface area (TPSA) is 12.9 Å². The second-order valence-corrected chi connectivity index (χ2v) is 5.40. The summed E-state index contributed by atoms with van der Waals surface area (Å²) >= 11 is 6.06. The minimum Gasteiger partial charge on any atom is -0.241 e. The number of benzene rings is 1. The molecule has 0 spiro atoms. The molecule has 0 aliphatic heterocycles. The lowest BCUT2D eigenvalue weighted by Gasteiger charge is -2.02. The molecule has 1 heterocycles. The average Bonchev–Trinajstić information content (AvgIpc) is 2.59. The first kappa shape index (κ1) is 11.7. The van der Waals surface area contributed by atoms with Crippen molar-refractivity contribution in [2.45, 2.75) is 26.5 Å². The van der Waals surface area contributed by atoms with E-state index in [0.29, 0.717) is 0 Å². The lowest BCUT2D eigenvalue weighted by Crippen LogP contribution is -1.84. The van der Waals surface area contributed by atoms with Crippen molar-refractivity contribution in [2.24, 2.45) is 0 Å². The SMILES string of the molecule is Cc1ccc(-c2nc(C)c(CS)s2)c(C)c1. The Morgan fingerprint density at radius 2 is 2.00 bits per heavy atom. The highest BCUT2D eigenvalue weighted by Crippen LogP contribution is 2.31. The van der Waals surface area contributed by atoms with E-state index in [-0.39, 0.29) is 0 Å². The Morgan fingerprint density at radius 1 is 1.25 bits per heavy atom. The molecule has 0 fully saturated rings. The molecule has 84 valence electrons. The molecule has 0 atom stereocenters. The van der Waals surface area contributed by atoms with Crippen molar-refractivity contribution < 1.29 is 0 Å². The van der Waals surface area contributed by atoms with Crippen LogP contribution in [0.25, 0.3) is 10.6 Å². The van der Waals surface area contributed by atoms with Gasteiger partial charge in [0.25, 0.3) is 0 Å². The van der Waals surface area contributed by atoms with Gasteiger partial charge in [-0.05, 0) is 26.3 Å². The van der Waals surface area contributed by atoms with E-state index in [1.54, 1.807) is 11.3 Å². The van der Waals surface area contributed by atoms with Gasteiger partial charge in [0, 0.05) is 16.2 Å². The molecular formula is C13H15NS2. The summed E-state index contributed by atoms with van der Waals surface area (Å²) in [7, 11) is 0. The molecule has 1 aromatic carbocycles. The quantitative estimate of drug-likeness (QED) is 0.788. The van der Waals surface area contributed by atoms with Crippen LogP contribution in [0.4, 0.5) is 0 Å². The minimum atomic E-state index is 0.772. The first-order chi connectivity index (χ1) is 7.61. The van der Waals surface area contributed by atoms with Gasteiger partial charge in [-0.1, -0.05) is 23.8 Å². The zero-order valence-electron chi connectivity index (χ0n) is 9.74. The summed E-state index contributed by atoms with van der Waals surface area (Å²) < 4.78 is 0. The molecule has 2 aromatic rings. The maximum Gasteiger partial charge on any atom is 0.124 e. The van der Waals surface area contributed by atoms with Crippen LogP contribution in [0.2, 0.25) is 0 Å². The van der Waals surface area contributed by atoms with Crippen molar-refractivity contribution in [3.8, 4) is 10.6 Å². The third-order valence-electron chi connectivity index (χ3n) is 2.65. The fourth-order valence-corrected chi connectivity index (χ4v) is 3.18. The molecule has 0 saturated carbocycles. The van der Waals surface area contributed by atoms with Crippen LogP contribution in [-0.4, -0.2) is 4.98 Å². The first-order valence-corrected chi connectivity index (χ1v) is 6.71. The second-order valence-electron chi connectivity index (χ2n) is 4.00. The summed E-state index contributed by atoms with van der Waals surface area (Å²) in [4.78, 5) is 5.87. The molecule has 0 radical (unpaired) electrons. The smallest absolute Gasteiger partial charge is 0.124 e. The van der Waals surface area contributed by atoms with E-state index in [9.17, 15) is 0 Å². The Balaban J connectivity index is 2.50. The van der Waals surface area contributed by atoms with E-state index in [2.05, 4.69) is 56.6 Å². The molecule has 1 nitrogen and oxygen atoms in total. The monoisotopic (exact) mass is 249 g/mol. The standard InChI is InChI=1S/C13H15NS2/c1-8-4-5-11(9(2)6-8)13-14-10(3)12(7-15)16-13/h4-6,15H,7H2,1-3H3. The second kappa shape index (κ2) is 4.60. The van der Waals surface area contributed by atoms with E-state index in [0.717, 1.165) is 16.5 Å². The Morgan fingerprint density at radius 3 is 2.56 bits per heavy atom. The van der Waals surface area contributed by atoms with Gasteiger partial charge in [0.1, 0.15) is 5.01 Å². The molecule has 16 heavy (non-hydrogen) atoms. The van der Waals surface area contributed by atoms with Crippen molar-refractivity contribution >= 4 is 24.0 Å². The van der Waals surface area contributed by atoms with Gasteiger partial charge in [-0.25, -0.2) is 4.98 Å². The van der Waals surface area contributed by atoms with Gasteiger partial charge in [0.2, 0.25) is 0 Å². The van der Waals surface area contributed by atoms with E-state index in [1.807, 2.05) is 0 Å². The van der Waals surface area contributed by atoms with Gasteiger partial charge in [-0.2, -0.15) is 12.6 Å². The van der Waals surface area contributed by atoms with Crippen LogP contribution in [0.15, 0.2) is 18.2 Å². The summed E-state index contributed by atoms with van der Waals surface area (Å²) in [6.07, 6.45) is 0. The van der Waals surface area contributed by atoms with Gasteiger partial charge in [-0.15, -0.1) is 11.3 Å². The highest BCUT2D eigenvalue weighted by molar-refractivity contribution is 7.79. The normalized spacial score (nSPS) is 10.8. The molecule has 0 aliphatic carbocycles. The number of aromatic nitrogens is 1. The molecule has 0 N–H and O–H groups in total. The number of rotatable bonds is 2. The molecular weight excluding hydrogens is 234 g/mol. The van der Waals surface area contributed by atoms with Gasteiger partial charge >= 0.3 is 0 Å². The Bertz CT molecular complexity index is 515. The van der Waals surface area contributed by atoms with Crippen molar-refractivity contribution in [2.75, 3.05) is 0 Å². The third kappa shape index (κ3) is 2.15. The van der Waals surface area contributed by atoms with Crippen LogP contribution in [-0.2, 0) is 5.75 Å². The molecule has 0 bridgehead atoms. The lowest BCUT2D eigenvalue weighted by atomic mass is 10.1. The zero-order chi connectivity index (χ0) is 11.7. The van der Waals surface area contributed by atoms with Crippen molar-refractivity contribution in [3.63, 3.8) is 0 Å². The number of nitrogens with zero attached hydrogens (tertiary/aromatic N) is 1. The number of hydrogen-bond donors (Lipinski definition) is 1. The largest absolute Gasteiger partial charge is 0.241 e. The predicted octanol–water partition coefficient (Wildman–Crippen LogP) is 4.17. The van der Waals surface area contributed by atoms with E-state index in [4.69, 9.17) is 0 Å². The number of aryl methyl sites for hydroxylation is 3. The Hall–Kier alpha value is -0.800. The van der Waals surface area contributed by atoms with Gasteiger partial charge in [0.15, 0.2) is 0 Å². The molecule has 0 saturated heterocycles. The number of hydrogen-bond acceptors (Lipinski definition) is 3. The molecule has 1 aromatic heterocycles. The highest BCUT2D eigenvalue weighted by atomic mass is 32.1. The zero-order valence-corrected chi connectivity index (χ0v) is 11.5. The van der Waals surface area contributed by atoms with Gasteiger partial charge < -0.3 is 0 Å². The number of thiol groups is 1. The lowest BCUT2D eigenvalue weighted by molar-refractivity contribution is 1.22. The van der Waals surface area contributed by atoms with E-state index >= 15 is 0 Å². The fourth-order valence-electron chi connectivity index (χ4n) is 1.74. The maximum atomic E-state index is 4.61. The van der Waals surface area contributed by atoms with Crippen molar-refractivity contribution in [3.05, 3.63) is 39.9 Å². The molecule has 0 amide bonds.